The first-order valence-electron chi connectivity index (χ1n) is 7.26. The highest BCUT2D eigenvalue weighted by Crippen LogP contribution is 2.25. The maximum atomic E-state index is 12.9. The van der Waals surface area contributed by atoms with Crippen LogP contribution in [0, 0.1) is 6.92 Å². The number of ether oxygens (including phenoxy) is 1. The highest BCUT2D eigenvalue weighted by atomic mass is 35.5. The largest absolute Gasteiger partial charge is 0.497 e. The summed E-state index contributed by atoms with van der Waals surface area (Å²) < 4.78 is 7.03. The normalized spacial score (nSPS) is 10.6. The summed E-state index contributed by atoms with van der Waals surface area (Å²) in [5.41, 5.74) is 1.44. The lowest BCUT2D eigenvalue weighted by atomic mass is 10.0. The van der Waals surface area contributed by atoms with Crippen molar-refractivity contribution in [1.82, 2.24) is 19.7 Å². The molecule has 0 amide bonds. The predicted octanol–water partition coefficient (Wildman–Crippen LogP) is 2.95. The Morgan fingerprint density at radius 2 is 2.08 bits per heavy atom. The van der Waals surface area contributed by atoms with Gasteiger partial charge in [0.05, 0.1) is 24.2 Å². The summed E-state index contributed by atoms with van der Waals surface area (Å²) in [7, 11) is 1.55. The molecule has 0 radical (unpaired) electrons. The number of hydrogen-bond acceptors (Lipinski definition) is 5. The molecule has 0 unspecified atom stereocenters. The molecule has 3 rings (SSSR count). The second-order valence-electron chi connectivity index (χ2n) is 5.06. The Balaban J connectivity index is 2.20. The van der Waals surface area contributed by atoms with Crippen LogP contribution in [-0.2, 0) is 5.88 Å². The number of hydrogen-bond donors (Lipinski definition) is 0. The van der Waals surface area contributed by atoms with Crippen molar-refractivity contribution in [2.24, 2.45) is 0 Å². The van der Waals surface area contributed by atoms with Crippen molar-refractivity contribution in [2.75, 3.05) is 7.11 Å². The van der Waals surface area contributed by atoms with E-state index in [1.54, 1.807) is 54.3 Å². The fourth-order valence-corrected chi connectivity index (χ4v) is 2.63. The number of benzene rings is 1. The van der Waals surface area contributed by atoms with Gasteiger partial charge in [0.2, 0.25) is 5.78 Å². The van der Waals surface area contributed by atoms with E-state index < -0.39 is 0 Å². The van der Waals surface area contributed by atoms with Crippen molar-refractivity contribution in [3.05, 3.63) is 65.5 Å². The SMILES string of the molecule is COc1ccc(-n2c(C)nnc2CCl)c(C(=O)c2ccccn2)c1. The molecule has 6 nitrogen and oxygen atoms in total. The lowest BCUT2D eigenvalue weighted by Gasteiger charge is -2.13. The Morgan fingerprint density at radius 3 is 2.75 bits per heavy atom. The highest BCUT2D eigenvalue weighted by molar-refractivity contribution is 6.16. The van der Waals surface area contributed by atoms with E-state index in [1.807, 2.05) is 6.92 Å². The van der Waals surface area contributed by atoms with Gasteiger partial charge in [-0.2, -0.15) is 0 Å². The molecule has 0 aliphatic heterocycles. The highest BCUT2D eigenvalue weighted by Gasteiger charge is 2.20. The number of alkyl halides is 1. The van der Waals surface area contributed by atoms with Crippen LogP contribution in [0.5, 0.6) is 5.75 Å². The van der Waals surface area contributed by atoms with E-state index in [2.05, 4.69) is 15.2 Å². The Labute approximate surface area is 144 Å². The molecule has 3 aromatic rings. The third kappa shape index (κ3) is 2.88. The van der Waals surface area contributed by atoms with E-state index >= 15 is 0 Å². The van der Waals surface area contributed by atoms with Crippen LogP contribution in [0.1, 0.15) is 27.7 Å². The number of nitrogens with zero attached hydrogens (tertiary/aromatic N) is 4. The molecule has 0 bridgehead atoms. The van der Waals surface area contributed by atoms with E-state index in [0.29, 0.717) is 34.3 Å². The molecule has 1 aromatic carbocycles. The van der Waals surface area contributed by atoms with E-state index in [9.17, 15) is 4.79 Å². The Kier molecular flexibility index (Phi) is 4.57. The predicted molar refractivity (Wildman–Crippen MR) is 89.9 cm³/mol. The van der Waals surface area contributed by atoms with Gasteiger partial charge in [-0.15, -0.1) is 21.8 Å². The van der Waals surface area contributed by atoms with Gasteiger partial charge >= 0.3 is 0 Å². The van der Waals surface area contributed by atoms with Gasteiger partial charge in [-0.1, -0.05) is 6.07 Å². The number of pyridine rings is 1. The molecule has 24 heavy (non-hydrogen) atoms. The molecule has 0 aliphatic rings. The summed E-state index contributed by atoms with van der Waals surface area (Å²) in [6.45, 7) is 1.81. The van der Waals surface area contributed by atoms with Crippen LogP contribution in [0.25, 0.3) is 5.69 Å². The van der Waals surface area contributed by atoms with Crippen molar-refractivity contribution in [2.45, 2.75) is 12.8 Å². The number of halogens is 1. The van der Waals surface area contributed by atoms with Crippen LogP contribution in [0.2, 0.25) is 0 Å². The first-order chi connectivity index (χ1) is 11.7. The van der Waals surface area contributed by atoms with Crippen molar-refractivity contribution >= 4 is 17.4 Å². The van der Waals surface area contributed by atoms with Crippen LogP contribution in [-0.4, -0.2) is 32.6 Å². The number of methoxy groups -OCH3 is 1. The molecular weight excluding hydrogens is 328 g/mol. The van der Waals surface area contributed by atoms with Crippen LogP contribution in [0.15, 0.2) is 42.6 Å². The van der Waals surface area contributed by atoms with E-state index in [0.717, 1.165) is 0 Å². The smallest absolute Gasteiger partial charge is 0.213 e. The number of ketones is 1. The Hall–Kier alpha value is -2.73. The summed E-state index contributed by atoms with van der Waals surface area (Å²) in [4.78, 5) is 17.1. The number of rotatable bonds is 5. The molecule has 0 spiro atoms. The van der Waals surface area contributed by atoms with Crippen molar-refractivity contribution < 1.29 is 9.53 Å². The van der Waals surface area contributed by atoms with Crippen molar-refractivity contribution in [1.29, 1.82) is 0 Å². The van der Waals surface area contributed by atoms with Crippen molar-refractivity contribution in [3.63, 3.8) is 0 Å². The van der Waals surface area contributed by atoms with Crippen LogP contribution in [0.3, 0.4) is 0 Å². The molecule has 0 aliphatic carbocycles. The molecular formula is C17H15ClN4O2. The average Bonchev–Trinajstić information content (AvgIpc) is 3.01. The van der Waals surface area contributed by atoms with Gasteiger partial charge in [0, 0.05) is 6.20 Å². The van der Waals surface area contributed by atoms with E-state index in [1.165, 1.54) is 0 Å². The lowest BCUT2D eigenvalue weighted by Crippen LogP contribution is -2.11. The quantitative estimate of drug-likeness (QED) is 0.526. The standard InChI is InChI=1S/C17H15ClN4O2/c1-11-20-21-16(10-18)22(11)15-7-6-12(24-2)9-13(15)17(23)14-5-3-4-8-19-14/h3-9H,10H2,1-2H3. The fourth-order valence-electron chi connectivity index (χ4n) is 2.46. The molecule has 2 aromatic heterocycles. The zero-order valence-corrected chi connectivity index (χ0v) is 14.0. The molecule has 2 heterocycles. The van der Waals surface area contributed by atoms with E-state index in [4.69, 9.17) is 16.3 Å². The summed E-state index contributed by atoms with van der Waals surface area (Å²) in [5.74, 6) is 1.76. The van der Waals surface area contributed by atoms with Crippen LogP contribution in [0.4, 0.5) is 0 Å². The molecule has 0 saturated carbocycles. The molecule has 7 heteroatoms. The molecule has 122 valence electrons. The minimum atomic E-state index is -0.210. The minimum Gasteiger partial charge on any atom is -0.497 e. The second kappa shape index (κ2) is 6.80. The maximum absolute atomic E-state index is 12.9. The summed E-state index contributed by atoms with van der Waals surface area (Å²) >= 11 is 5.96. The van der Waals surface area contributed by atoms with Gasteiger partial charge in [-0.05, 0) is 37.3 Å². The Morgan fingerprint density at radius 1 is 1.25 bits per heavy atom. The maximum Gasteiger partial charge on any atom is 0.213 e. The second-order valence-corrected chi connectivity index (χ2v) is 5.33. The van der Waals surface area contributed by atoms with Gasteiger partial charge in [0.1, 0.15) is 17.3 Å². The number of aromatic nitrogens is 4. The molecule has 0 saturated heterocycles. The minimum absolute atomic E-state index is 0.185. The summed E-state index contributed by atoms with van der Waals surface area (Å²) in [6.07, 6.45) is 1.58. The third-order valence-electron chi connectivity index (χ3n) is 3.60. The summed E-state index contributed by atoms with van der Waals surface area (Å²) in [6, 6.07) is 10.5. The molecule has 0 atom stereocenters. The zero-order chi connectivity index (χ0) is 17.1. The van der Waals surface area contributed by atoms with Crippen LogP contribution >= 0.6 is 11.6 Å². The number of aryl methyl sites for hydroxylation is 1. The van der Waals surface area contributed by atoms with E-state index in [-0.39, 0.29) is 11.7 Å². The van der Waals surface area contributed by atoms with Gasteiger partial charge in [-0.25, -0.2) is 0 Å². The average molecular weight is 343 g/mol. The monoisotopic (exact) mass is 342 g/mol. The fraction of sp³-hybridized carbons (Fsp3) is 0.176. The van der Waals surface area contributed by atoms with Crippen LogP contribution < -0.4 is 4.74 Å². The topological polar surface area (TPSA) is 69.9 Å². The molecule has 0 fully saturated rings. The summed E-state index contributed by atoms with van der Waals surface area (Å²) in [5, 5.41) is 8.10. The number of carbonyl (C=O) groups is 1. The van der Waals surface area contributed by atoms with Gasteiger partial charge in [0.15, 0.2) is 5.82 Å². The first-order valence-corrected chi connectivity index (χ1v) is 7.80. The Bertz CT molecular complexity index is 878. The molecule has 0 N–H and O–H groups in total. The zero-order valence-electron chi connectivity index (χ0n) is 13.2. The van der Waals surface area contributed by atoms with Gasteiger partial charge in [-0.3, -0.25) is 14.3 Å². The lowest BCUT2D eigenvalue weighted by molar-refractivity contribution is 0.103. The number of carbonyl (C=O) groups excluding carboxylic acids is 1. The van der Waals surface area contributed by atoms with Gasteiger partial charge < -0.3 is 4.74 Å². The first kappa shape index (κ1) is 16.1. The van der Waals surface area contributed by atoms with Gasteiger partial charge in [0.25, 0.3) is 0 Å². The van der Waals surface area contributed by atoms with Crippen molar-refractivity contribution in [3.8, 4) is 11.4 Å². The third-order valence-corrected chi connectivity index (χ3v) is 3.84.